The molecule has 0 aliphatic carbocycles. The zero-order chi connectivity index (χ0) is 17.8. The van der Waals surface area contributed by atoms with Gasteiger partial charge in [-0.1, -0.05) is 67.9 Å². The SMILES string of the molecule is Cc1ccc(CCC(=O)c2ccc(-c3ccc(C(C)C)cc3)s2)cc1. The Hall–Kier alpha value is -2.19. The summed E-state index contributed by atoms with van der Waals surface area (Å²) in [5, 5.41) is 0. The predicted octanol–water partition coefficient (Wildman–Crippen LogP) is 6.66. The van der Waals surface area contributed by atoms with E-state index in [9.17, 15) is 4.79 Å². The Balaban J connectivity index is 1.65. The lowest BCUT2D eigenvalue weighted by molar-refractivity contribution is 0.0986. The molecule has 25 heavy (non-hydrogen) atoms. The highest BCUT2D eigenvalue weighted by Gasteiger charge is 2.11. The molecule has 1 heterocycles. The normalized spacial score (nSPS) is 11.0. The van der Waals surface area contributed by atoms with E-state index in [1.165, 1.54) is 22.3 Å². The first-order valence-electron chi connectivity index (χ1n) is 8.82. The first kappa shape index (κ1) is 17.6. The number of thiophene rings is 1. The van der Waals surface area contributed by atoms with Crippen LogP contribution in [0.15, 0.2) is 60.7 Å². The lowest BCUT2D eigenvalue weighted by Gasteiger charge is -2.05. The van der Waals surface area contributed by atoms with E-state index in [1.807, 2.05) is 6.07 Å². The molecule has 0 spiro atoms. The largest absolute Gasteiger partial charge is 0.293 e. The van der Waals surface area contributed by atoms with Crippen LogP contribution >= 0.6 is 11.3 Å². The van der Waals surface area contributed by atoms with Crippen molar-refractivity contribution in [2.75, 3.05) is 0 Å². The second-order valence-corrected chi connectivity index (χ2v) is 7.93. The lowest BCUT2D eigenvalue weighted by atomic mass is 10.0. The molecule has 2 heteroatoms. The predicted molar refractivity (Wildman–Crippen MR) is 108 cm³/mol. The van der Waals surface area contributed by atoms with Crippen LogP contribution in [-0.2, 0) is 6.42 Å². The van der Waals surface area contributed by atoms with Crippen molar-refractivity contribution in [3.8, 4) is 10.4 Å². The van der Waals surface area contributed by atoms with Crippen LogP contribution in [0.3, 0.4) is 0 Å². The minimum Gasteiger partial charge on any atom is -0.293 e. The fourth-order valence-electron chi connectivity index (χ4n) is 2.81. The van der Waals surface area contributed by atoms with Crippen molar-refractivity contribution >= 4 is 17.1 Å². The molecule has 1 nitrogen and oxygen atoms in total. The van der Waals surface area contributed by atoms with E-state index in [1.54, 1.807) is 11.3 Å². The maximum absolute atomic E-state index is 12.5. The van der Waals surface area contributed by atoms with Gasteiger partial charge in [0.1, 0.15) is 0 Å². The van der Waals surface area contributed by atoms with Crippen molar-refractivity contribution in [1.82, 2.24) is 0 Å². The van der Waals surface area contributed by atoms with E-state index in [4.69, 9.17) is 0 Å². The van der Waals surface area contributed by atoms with Crippen molar-refractivity contribution in [3.05, 3.63) is 82.2 Å². The summed E-state index contributed by atoms with van der Waals surface area (Å²) in [6, 6.07) is 21.1. The maximum atomic E-state index is 12.5. The molecular formula is C23H24OS. The smallest absolute Gasteiger partial charge is 0.173 e. The summed E-state index contributed by atoms with van der Waals surface area (Å²) in [4.78, 5) is 14.5. The van der Waals surface area contributed by atoms with E-state index in [0.717, 1.165) is 16.2 Å². The fourth-order valence-corrected chi connectivity index (χ4v) is 3.79. The third-order valence-electron chi connectivity index (χ3n) is 4.50. The van der Waals surface area contributed by atoms with E-state index in [-0.39, 0.29) is 5.78 Å². The van der Waals surface area contributed by atoms with Gasteiger partial charge in [0.2, 0.25) is 0 Å². The van der Waals surface area contributed by atoms with Crippen LogP contribution in [0, 0.1) is 6.92 Å². The first-order valence-corrected chi connectivity index (χ1v) is 9.63. The Morgan fingerprint density at radius 2 is 1.60 bits per heavy atom. The quantitative estimate of drug-likeness (QED) is 0.455. The maximum Gasteiger partial charge on any atom is 0.173 e. The third-order valence-corrected chi connectivity index (χ3v) is 5.68. The Labute approximate surface area is 154 Å². The minimum atomic E-state index is 0.232. The van der Waals surface area contributed by atoms with Crippen LogP contribution in [0.25, 0.3) is 10.4 Å². The molecule has 128 valence electrons. The van der Waals surface area contributed by atoms with E-state index >= 15 is 0 Å². The van der Waals surface area contributed by atoms with Gasteiger partial charge in [-0.2, -0.15) is 0 Å². The third kappa shape index (κ3) is 4.46. The molecule has 0 fully saturated rings. The zero-order valence-electron chi connectivity index (χ0n) is 15.1. The molecule has 1 aromatic heterocycles. The van der Waals surface area contributed by atoms with Crippen molar-refractivity contribution in [2.24, 2.45) is 0 Å². The molecule has 0 aliphatic rings. The molecule has 0 saturated carbocycles. The first-order chi connectivity index (χ1) is 12.0. The summed E-state index contributed by atoms with van der Waals surface area (Å²) < 4.78 is 0. The molecule has 0 radical (unpaired) electrons. The summed E-state index contributed by atoms with van der Waals surface area (Å²) in [7, 11) is 0. The minimum absolute atomic E-state index is 0.232. The summed E-state index contributed by atoms with van der Waals surface area (Å²) in [6.07, 6.45) is 1.37. The molecule has 0 aliphatic heterocycles. The van der Waals surface area contributed by atoms with Gasteiger partial charge in [-0.15, -0.1) is 11.3 Å². The van der Waals surface area contributed by atoms with Crippen molar-refractivity contribution < 1.29 is 4.79 Å². The lowest BCUT2D eigenvalue weighted by Crippen LogP contribution is -1.98. The number of benzene rings is 2. The number of rotatable bonds is 6. The van der Waals surface area contributed by atoms with Crippen molar-refractivity contribution in [3.63, 3.8) is 0 Å². The van der Waals surface area contributed by atoms with Crippen LogP contribution in [0.1, 0.15) is 52.5 Å². The van der Waals surface area contributed by atoms with Gasteiger partial charge >= 0.3 is 0 Å². The molecule has 0 atom stereocenters. The number of hydrogen-bond donors (Lipinski definition) is 0. The fraction of sp³-hybridized carbons (Fsp3) is 0.261. The molecule has 3 aromatic rings. The topological polar surface area (TPSA) is 17.1 Å². The van der Waals surface area contributed by atoms with E-state index in [2.05, 4.69) is 75.4 Å². The monoisotopic (exact) mass is 348 g/mol. The van der Waals surface area contributed by atoms with Crippen LogP contribution in [0.4, 0.5) is 0 Å². The highest BCUT2D eigenvalue weighted by atomic mass is 32.1. The van der Waals surface area contributed by atoms with Gasteiger partial charge in [0.15, 0.2) is 5.78 Å². The average molecular weight is 349 g/mol. The van der Waals surface area contributed by atoms with Gasteiger partial charge in [0.25, 0.3) is 0 Å². The van der Waals surface area contributed by atoms with Crippen molar-refractivity contribution in [1.29, 1.82) is 0 Å². The summed E-state index contributed by atoms with van der Waals surface area (Å²) in [5.74, 6) is 0.770. The zero-order valence-corrected chi connectivity index (χ0v) is 15.9. The molecule has 0 saturated heterocycles. The van der Waals surface area contributed by atoms with Gasteiger partial charge < -0.3 is 0 Å². The molecule has 0 unspecified atom stereocenters. The van der Waals surface area contributed by atoms with Crippen LogP contribution in [0.5, 0.6) is 0 Å². The highest BCUT2D eigenvalue weighted by molar-refractivity contribution is 7.17. The van der Waals surface area contributed by atoms with E-state index in [0.29, 0.717) is 12.3 Å². The molecule has 3 rings (SSSR count). The highest BCUT2D eigenvalue weighted by Crippen LogP contribution is 2.30. The van der Waals surface area contributed by atoms with Gasteiger partial charge in [0, 0.05) is 11.3 Å². The molecule has 0 bridgehead atoms. The Kier molecular flexibility index (Phi) is 5.50. The van der Waals surface area contributed by atoms with Gasteiger partial charge in [0.05, 0.1) is 4.88 Å². The van der Waals surface area contributed by atoms with Gasteiger partial charge in [-0.05, 0) is 48.1 Å². The van der Waals surface area contributed by atoms with E-state index < -0.39 is 0 Å². The number of aryl methyl sites for hydroxylation is 2. The Morgan fingerprint density at radius 1 is 0.920 bits per heavy atom. The second-order valence-electron chi connectivity index (χ2n) is 6.85. The summed E-state index contributed by atoms with van der Waals surface area (Å²) in [6.45, 7) is 6.48. The molecular weight excluding hydrogens is 324 g/mol. The second kappa shape index (κ2) is 7.79. The van der Waals surface area contributed by atoms with Crippen molar-refractivity contribution in [2.45, 2.75) is 39.5 Å². The number of carbonyl (C=O) groups excluding carboxylic acids is 1. The molecule has 0 N–H and O–H groups in total. The summed E-state index contributed by atoms with van der Waals surface area (Å²) in [5.41, 5.74) is 5.00. The number of ketones is 1. The van der Waals surface area contributed by atoms with Gasteiger partial charge in [-0.25, -0.2) is 0 Å². The average Bonchev–Trinajstić information content (AvgIpc) is 3.11. The standard InChI is InChI=1S/C23H24OS/c1-16(2)19-9-11-20(12-10-19)22-14-15-23(25-22)21(24)13-8-18-6-4-17(3)5-7-18/h4-7,9-12,14-16H,8,13H2,1-3H3. The number of hydrogen-bond acceptors (Lipinski definition) is 2. The van der Waals surface area contributed by atoms with Gasteiger partial charge in [-0.3, -0.25) is 4.79 Å². The molecule has 0 amide bonds. The van der Waals surface area contributed by atoms with Crippen LogP contribution in [-0.4, -0.2) is 5.78 Å². The Morgan fingerprint density at radius 3 is 2.24 bits per heavy atom. The van der Waals surface area contributed by atoms with Crippen LogP contribution in [0.2, 0.25) is 0 Å². The number of carbonyl (C=O) groups is 1. The Bertz CT molecular complexity index is 839. The number of Topliss-reactive ketones (excluding diaryl/α,β-unsaturated/α-hetero) is 1. The van der Waals surface area contributed by atoms with Crippen LogP contribution < -0.4 is 0 Å². The summed E-state index contributed by atoms with van der Waals surface area (Å²) >= 11 is 1.60. The molecule has 2 aromatic carbocycles.